The number of nitrogens with one attached hydrogen (secondary N) is 1. The lowest BCUT2D eigenvalue weighted by molar-refractivity contribution is -0.119. The summed E-state index contributed by atoms with van der Waals surface area (Å²) >= 11 is 1.38. The Labute approximate surface area is 174 Å². The predicted molar refractivity (Wildman–Crippen MR) is 113 cm³/mol. The highest BCUT2D eigenvalue weighted by molar-refractivity contribution is 7.99. The van der Waals surface area contributed by atoms with Crippen molar-refractivity contribution in [1.82, 2.24) is 20.1 Å². The predicted octanol–water partition coefficient (Wildman–Crippen LogP) is 3.88. The van der Waals surface area contributed by atoms with E-state index < -0.39 is 0 Å². The minimum Gasteiger partial charge on any atom is -0.497 e. The van der Waals surface area contributed by atoms with Gasteiger partial charge in [0.05, 0.1) is 18.9 Å². The van der Waals surface area contributed by atoms with Crippen LogP contribution in [0.3, 0.4) is 0 Å². The van der Waals surface area contributed by atoms with Crippen LogP contribution in [0.25, 0.3) is 5.69 Å². The molecule has 1 aliphatic carbocycles. The lowest BCUT2D eigenvalue weighted by Crippen LogP contribution is -2.31. The SMILES string of the molecule is COc1ccc(-n2cnnc2SCC(=O)NC(c2ccccc2)C2CC2C)cc1. The van der Waals surface area contributed by atoms with E-state index in [1.807, 2.05) is 47.0 Å². The van der Waals surface area contributed by atoms with Crippen molar-refractivity contribution in [3.63, 3.8) is 0 Å². The number of methoxy groups -OCH3 is 1. The van der Waals surface area contributed by atoms with Crippen LogP contribution in [0.4, 0.5) is 0 Å². The third-order valence-corrected chi connectivity index (χ3v) is 6.22. The zero-order valence-electron chi connectivity index (χ0n) is 16.5. The van der Waals surface area contributed by atoms with Gasteiger partial charge in [0.15, 0.2) is 5.16 Å². The molecule has 1 N–H and O–H groups in total. The molecule has 3 unspecified atom stereocenters. The van der Waals surface area contributed by atoms with E-state index in [1.54, 1.807) is 13.4 Å². The summed E-state index contributed by atoms with van der Waals surface area (Å²) in [5.74, 6) is 2.24. The molecule has 1 aliphatic rings. The minimum atomic E-state index is 0.00670. The number of carbonyl (C=O) groups is 1. The van der Waals surface area contributed by atoms with E-state index in [4.69, 9.17) is 4.74 Å². The number of nitrogens with zero attached hydrogens (tertiary/aromatic N) is 3. The third-order valence-electron chi connectivity index (χ3n) is 5.27. The molecule has 1 amide bonds. The molecule has 1 heterocycles. The molecule has 6 nitrogen and oxygen atoms in total. The van der Waals surface area contributed by atoms with Crippen LogP contribution in [0.15, 0.2) is 66.1 Å². The second kappa shape index (κ2) is 8.69. The number of thioether (sulfide) groups is 1. The van der Waals surface area contributed by atoms with Crippen molar-refractivity contribution in [2.45, 2.75) is 24.5 Å². The van der Waals surface area contributed by atoms with Gasteiger partial charge in [0.25, 0.3) is 0 Å². The van der Waals surface area contributed by atoms with Gasteiger partial charge in [-0.1, -0.05) is 49.0 Å². The van der Waals surface area contributed by atoms with E-state index in [0.717, 1.165) is 17.9 Å². The quantitative estimate of drug-likeness (QED) is 0.573. The average molecular weight is 409 g/mol. The van der Waals surface area contributed by atoms with Crippen LogP contribution in [0.2, 0.25) is 0 Å². The molecule has 3 aromatic rings. The Morgan fingerprint density at radius 2 is 1.97 bits per heavy atom. The normalized spacial score (nSPS) is 18.8. The van der Waals surface area contributed by atoms with Crippen molar-refractivity contribution in [3.05, 3.63) is 66.5 Å². The minimum absolute atomic E-state index is 0.00670. The Bertz CT molecular complexity index is 958. The van der Waals surface area contributed by atoms with Gasteiger partial charge in [0.1, 0.15) is 12.1 Å². The van der Waals surface area contributed by atoms with E-state index >= 15 is 0 Å². The fourth-order valence-electron chi connectivity index (χ4n) is 3.50. The topological polar surface area (TPSA) is 69.0 Å². The molecule has 1 saturated carbocycles. The van der Waals surface area contributed by atoms with Crippen LogP contribution in [-0.2, 0) is 4.79 Å². The molecular weight excluding hydrogens is 384 g/mol. The lowest BCUT2D eigenvalue weighted by atomic mass is 10.0. The van der Waals surface area contributed by atoms with Gasteiger partial charge >= 0.3 is 0 Å². The largest absolute Gasteiger partial charge is 0.497 e. The maximum Gasteiger partial charge on any atom is 0.230 e. The number of rotatable bonds is 8. The number of hydrogen-bond acceptors (Lipinski definition) is 5. The summed E-state index contributed by atoms with van der Waals surface area (Å²) in [5.41, 5.74) is 2.09. The van der Waals surface area contributed by atoms with Crippen LogP contribution in [0.1, 0.15) is 24.9 Å². The van der Waals surface area contributed by atoms with Crippen LogP contribution < -0.4 is 10.1 Å². The van der Waals surface area contributed by atoms with Crippen molar-refractivity contribution in [2.24, 2.45) is 11.8 Å². The molecule has 0 bridgehead atoms. The molecule has 0 spiro atoms. The van der Waals surface area contributed by atoms with E-state index in [0.29, 0.717) is 22.7 Å². The molecule has 7 heteroatoms. The summed E-state index contributed by atoms with van der Waals surface area (Å²) in [5, 5.41) is 12.1. The molecule has 1 fully saturated rings. The highest BCUT2D eigenvalue weighted by atomic mass is 32.2. The monoisotopic (exact) mass is 408 g/mol. The summed E-state index contributed by atoms with van der Waals surface area (Å²) in [4.78, 5) is 12.7. The summed E-state index contributed by atoms with van der Waals surface area (Å²) in [6.07, 6.45) is 2.81. The van der Waals surface area contributed by atoms with Crippen LogP contribution >= 0.6 is 11.8 Å². The number of aromatic nitrogens is 3. The van der Waals surface area contributed by atoms with E-state index in [9.17, 15) is 4.79 Å². The molecule has 29 heavy (non-hydrogen) atoms. The molecular formula is C22H24N4O2S. The highest BCUT2D eigenvalue weighted by Gasteiger charge is 2.40. The molecule has 1 aromatic heterocycles. The van der Waals surface area contributed by atoms with Crippen molar-refractivity contribution in [2.75, 3.05) is 12.9 Å². The van der Waals surface area contributed by atoms with E-state index in [2.05, 4.69) is 34.6 Å². The van der Waals surface area contributed by atoms with Crippen LogP contribution in [-0.4, -0.2) is 33.5 Å². The standard InChI is InChI=1S/C22H24N4O2S/c1-15-12-19(15)21(16-6-4-3-5-7-16)24-20(27)13-29-22-25-23-14-26(22)17-8-10-18(28-2)11-9-17/h3-11,14-15,19,21H,12-13H2,1-2H3,(H,24,27). The first-order valence-corrected chi connectivity index (χ1v) is 10.7. The number of amides is 1. The van der Waals surface area contributed by atoms with Crippen LogP contribution in [0.5, 0.6) is 5.75 Å². The Kier molecular flexibility index (Phi) is 5.85. The number of hydrogen-bond donors (Lipinski definition) is 1. The lowest BCUT2D eigenvalue weighted by Gasteiger charge is -2.19. The first-order valence-electron chi connectivity index (χ1n) is 9.67. The smallest absolute Gasteiger partial charge is 0.230 e. The molecule has 2 aromatic carbocycles. The van der Waals surface area contributed by atoms with Gasteiger partial charge in [-0.2, -0.15) is 0 Å². The second-order valence-electron chi connectivity index (χ2n) is 7.30. The van der Waals surface area contributed by atoms with Crippen molar-refractivity contribution in [3.8, 4) is 11.4 Å². The fourth-order valence-corrected chi connectivity index (χ4v) is 4.24. The fraction of sp³-hybridized carbons (Fsp3) is 0.318. The van der Waals surface area contributed by atoms with Gasteiger partial charge in [0, 0.05) is 5.69 Å². The summed E-state index contributed by atoms with van der Waals surface area (Å²) < 4.78 is 7.07. The zero-order valence-corrected chi connectivity index (χ0v) is 17.3. The maximum absolute atomic E-state index is 12.7. The maximum atomic E-state index is 12.7. The van der Waals surface area contributed by atoms with Crippen LogP contribution in [0, 0.1) is 11.8 Å². The summed E-state index contributed by atoms with van der Waals surface area (Å²) in [6, 6.07) is 17.9. The van der Waals surface area contributed by atoms with Gasteiger partial charge in [-0.15, -0.1) is 10.2 Å². The first-order chi connectivity index (χ1) is 14.2. The second-order valence-corrected chi connectivity index (χ2v) is 8.25. The molecule has 0 saturated heterocycles. The van der Waals surface area contributed by atoms with Crippen molar-refractivity contribution in [1.29, 1.82) is 0 Å². The summed E-state index contributed by atoms with van der Waals surface area (Å²) in [6.45, 7) is 2.23. The molecule has 4 rings (SSSR count). The number of ether oxygens (including phenoxy) is 1. The molecule has 3 atom stereocenters. The summed E-state index contributed by atoms with van der Waals surface area (Å²) in [7, 11) is 1.64. The Morgan fingerprint density at radius 3 is 2.62 bits per heavy atom. The van der Waals surface area contributed by atoms with Gasteiger partial charge < -0.3 is 10.1 Å². The van der Waals surface area contributed by atoms with Gasteiger partial charge in [-0.25, -0.2) is 0 Å². The number of benzene rings is 2. The Morgan fingerprint density at radius 1 is 1.24 bits per heavy atom. The van der Waals surface area contributed by atoms with E-state index in [-0.39, 0.29) is 11.9 Å². The number of carbonyl (C=O) groups excluding carboxylic acids is 1. The third kappa shape index (κ3) is 4.62. The van der Waals surface area contributed by atoms with Gasteiger partial charge in [0.2, 0.25) is 5.91 Å². The zero-order chi connectivity index (χ0) is 20.2. The van der Waals surface area contributed by atoms with Gasteiger partial charge in [-0.05, 0) is 48.1 Å². The Balaban J connectivity index is 1.40. The molecule has 0 aliphatic heterocycles. The average Bonchev–Trinajstić information content (AvgIpc) is 3.29. The van der Waals surface area contributed by atoms with Crippen molar-refractivity contribution >= 4 is 17.7 Å². The first kappa shape index (κ1) is 19.5. The van der Waals surface area contributed by atoms with Gasteiger partial charge in [-0.3, -0.25) is 9.36 Å². The van der Waals surface area contributed by atoms with E-state index in [1.165, 1.54) is 17.3 Å². The highest BCUT2D eigenvalue weighted by Crippen LogP contribution is 2.46. The molecule has 150 valence electrons. The van der Waals surface area contributed by atoms with Crippen molar-refractivity contribution < 1.29 is 9.53 Å². The Hall–Kier alpha value is -2.80. The molecule has 0 radical (unpaired) electrons.